The van der Waals surface area contributed by atoms with Crippen molar-refractivity contribution in [3.05, 3.63) is 64.2 Å². The van der Waals surface area contributed by atoms with E-state index in [4.69, 9.17) is 16.3 Å². The molecule has 0 radical (unpaired) electrons. The minimum atomic E-state index is 0.0959. The Morgan fingerprint density at radius 3 is 2.79 bits per heavy atom. The van der Waals surface area contributed by atoms with Gasteiger partial charge in [-0.15, -0.1) is 0 Å². The van der Waals surface area contributed by atoms with Crippen LogP contribution in [0.25, 0.3) is 0 Å². The van der Waals surface area contributed by atoms with Gasteiger partial charge >= 0.3 is 0 Å². The number of amides is 1. The van der Waals surface area contributed by atoms with E-state index in [0.717, 1.165) is 42.0 Å². The van der Waals surface area contributed by atoms with E-state index in [-0.39, 0.29) is 11.9 Å². The molecule has 4 heteroatoms. The van der Waals surface area contributed by atoms with Gasteiger partial charge in [0.1, 0.15) is 5.75 Å². The lowest BCUT2D eigenvalue weighted by atomic mass is 9.87. The quantitative estimate of drug-likeness (QED) is 0.869. The molecule has 24 heavy (non-hydrogen) atoms. The zero-order chi connectivity index (χ0) is 16.9. The molecular weight excluding hydrogens is 322 g/mol. The number of methoxy groups -OCH3 is 1. The normalized spacial score (nSPS) is 16.3. The maximum atomic E-state index is 12.3. The first-order valence-corrected chi connectivity index (χ1v) is 8.74. The second kappa shape index (κ2) is 7.71. The highest BCUT2D eigenvalue weighted by Gasteiger charge is 2.22. The Labute approximate surface area is 148 Å². The molecule has 3 nitrogen and oxygen atoms in total. The molecule has 0 saturated carbocycles. The molecule has 2 aromatic carbocycles. The van der Waals surface area contributed by atoms with E-state index < -0.39 is 0 Å². The molecule has 0 fully saturated rings. The molecule has 126 valence electrons. The predicted octanol–water partition coefficient (Wildman–Crippen LogP) is 4.48. The molecule has 0 heterocycles. The van der Waals surface area contributed by atoms with E-state index in [9.17, 15) is 4.79 Å². The molecule has 0 bridgehead atoms. The van der Waals surface area contributed by atoms with Crippen molar-refractivity contribution in [3.8, 4) is 5.75 Å². The predicted molar refractivity (Wildman–Crippen MR) is 96.6 cm³/mol. The third-order valence-electron chi connectivity index (χ3n) is 4.55. The monoisotopic (exact) mass is 343 g/mol. The third-order valence-corrected chi connectivity index (χ3v) is 4.81. The molecule has 1 aliphatic carbocycles. The molecule has 1 atom stereocenters. The zero-order valence-electron chi connectivity index (χ0n) is 13.8. The summed E-state index contributed by atoms with van der Waals surface area (Å²) < 4.78 is 5.30. The zero-order valence-corrected chi connectivity index (χ0v) is 14.6. The number of fused-ring (bicyclic) bond motifs is 1. The van der Waals surface area contributed by atoms with Gasteiger partial charge in [-0.3, -0.25) is 4.79 Å². The Kier molecular flexibility index (Phi) is 5.41. The number of nitrogens with one attached hydrogen (secondary N) is 1. The fraction of sp³-hybridized carbons (Fsp3) is 0.350. The van der Waals surface area contributed by atoms with Crippen molar-refractivity contribution in [2.24, 2.45) is 0 Å². The van der Waals surface area contributed by atoms with Crippen LogP contribution in [0, 0.1) is 0 Å². The summed E-state index contributed by atoms with van der Waals surface area (Å²) in [4.78, 5) is 12.3. The first kappa shape index (κ1) is 16.8. The van der Waals surface area contributed by atoms with Crippen molar-refractivity contribution in [1.82, 2.24) is 5.32 Å². The standard InChI is InChI=1S/C20H22ClNO2/c1-24-17-10-11-18-15(13-17)3-2-4-19(18)22-20(23)12-7-14-5-8-16(21)9-6-14/h5-6,8-11,13,19H,2-4,7,12H2,1H3,(H,22,23)/t19-/m0/s1. The van der Waals surface area contributed by atoms with Gasteiger partial charge in [-0.1, -0.05) is 29.8 Å². The van der Waals surface area contributed by atoms with Crippen molar-refractivity contribution in [2.45, 2.75) is 38.1 Å². The van der Waals surface area contributed by atoms with Crippen molar-refractivity contribution >= 4 is 17.5 Å². The number of halogens is 1. The van der Waals surface area contributed by atoms with Gasteiger partial charge in [0.25, 0.3) is 0 Å². The molecule has 1 N–H and O–H groups in total. The highest BCUT2D eigenvalue weighted by Crippen LogP contribution is 2.32. The van der Waals surface area contributed by atoms with Gasteiger partial charge in [0, 0.05) is 11.4 Å². The van der Waals surface area contributed by atoms with Crippen LogP contribution in [0.15, 0.2) is 42.5 Å². The van der Waals surface area contributed by atoms with Gasteiger partial charge in [0.05, 0.1) is 13.2 Å². The number of ether oxygens (including phenoxy) is 1. The lowest BCUT2D eigenvalue weighted by Crippen LogP contribution is -2.31. The lowest BCUT2D eigenvalue weighted by Gasteiger charge is -2.27. The van der Waals surface area contributed by atoms with Crippen LogP contribution in [0.2, 0.25) is 5.02 Å². The Bertz CT molecular complexity index is 712. The number of carbonyl (C=O) groups excluding carboxylic acids is 1. The van der Waals surface area contributed by atoms with Gasteiger partial charge < -0.3 is 10.1 Å². The number of hydrogen-bond acceptors (Lipinski definition) is 2. The van der Waals surface area contributed by atoms with Crippen molar-refractivity contribution in [2.75, 3.05) is 7.11 Å². The summed E-state index contributed by atoms with van der Waals surface area (Å²) >= 11 is 5.88. The highest BCUT2D eigenvalue weighted by atomic mass is 35.5. The molecule has 1 amide bonds. The Hall–Kier alpha value is -2.00. The fourth-order valence-electron chi connectivity index (χ4n) is 3.24. The maximum Gasteiger partial charge on any atom is 0.220 e. The first-order valence-electron chi connectivity index (χ1n) is 8.36. The van der Waals surface area contributed by atoms with Crippen molar-refractivity contribution in [3.63, 3.8) is 0 Å². The Morgan fingerprint density at radius 1 is 1.25 bits per heavy atom. The molecule has 1 aliphatic rings. The van der Waals surface area contributed by atoms with E-state index in [1.165, 1.54) is 11.1 Å². The molecule has 0 spiro atoms. The molecule has 3 rings (SSSR count). The van der Waals surface area contributed by atoms with Gasteiger partial charge in [-0.2, -0.15) is 0 Å². The smallest absolute Gasteiger partial charge is 0.220 e. The second-order valence-corrected chi connectivity index (χ2v) is 6.64. The molecule has 2 aromatic rings. The van der Waals surface area contributed by atoms with Crippen LogP contribution in [0.4, 0.5) is 0 Å². The lowest BCUT2D eigenvalue weighted by molar-refractivity contribution is -0.121. The van der Waals surface area contributed by atoms with E-state index in [1.807, 2.05) is 30.3 Å². The van der Waals surface area contributed by atoms with Gasteiger partial charge in [-0.05, 0) is 66.6 Å². The minimum Gasteiger partial charge on any atom is -0.497 e. The molecular formula is C20H22ClNO2. The number of hydrogen-bond donors (Lipinski definition) is 1. The number of benzene rings is 2. The van der Waals surface area contributed by atoms with Crippen LogP contribution < -0.4 is 10.1 Å². The summed E-state index contributed by atoms with van der Waals surface area (Å²) in [6.07, 6.45) is 4.34. The van der Waals surface area contributed by atoms with Gasteiger partial charge in [0.15, 0.2) is 0 Å². The SMILES string of the molecule is COc1ccc2c(c1)CCC[C@@H]2NC(=O)CCc1ccc(Cl)cc1. The molecule has 0 aliphatic heterocycles. The third kappa shape index (κ3) is 4.09. The minimum absolute atomic E-state index is 0.0959. The highest BCUT2D eigenvalue weighted by molar-refractivity contribution is 6.30. The maximum absolute atomic E-state index is 12.3. The molecule has 0 unspecified atom stereocenters. The van der Waals surface area contributed by atoms with Crippen LogP contribution in [-0.4, -0.2) is 13.0 Å². The second-order valence-electron chi connectivity index (χ2n) is 6.20. The summed E-state index contributed by atoms with van der Waals surface area (Å²) in [7, 11) is 1.68. The Morgan fingerprint density at radius 2 is 2.04 bits per heavy atom. The van der Waals surface area contributed by atoms with Gasteiger partial charge in [0.2, 0.25) is 5.91 Å². The van der Waals surface area contributed by atoms with E-state index in [2.05, 4.69) is 17.4 Å². The van der Waals surface area contributed by atoms with E-state index in [1.54, 1.807) is 7.11 Å². The van der Waals surface area contributed by atoms with E-state index in [0.29, 0.717) is 6.42 Å². The van der Waals surface area contributed by atoms with Crippen LogP contribution >= 0.6 is 11.6 Å². The number of aryl methyl sites for hydroxylation is 2. The van der Waals surface area contributed by atoms with E-state index >= 15 is 0 Å². The summed E-state index contributed by atoms with van der Waals surface area (Å²) in [6, 6.07) is 13.9. The van der Waals surface area contributed by atoms with Crippen LogP contribution in [-0.2, 0) is 17.6 Å². The largest absolute Gasteiger partial charge is 0.497 e. The summed E-state index contributed by atoms with van der Waals surface area (Å²) in [5.41, 5.74) is 3.63. The van der Waals surface area contributed by atoms with Gasteiger partial charge in [-0.25, -0.2) is 0 Å². The molecule has 0 saturated heterocycles. The average molecular weight is 344 g/mol. The van der Waals surface area contributed by atoms with Crippen LogP contribution in [0.3, 0.4) is 0 Å². The first-order chi connectivity index (χ1) is 11.7. The van der Waals surface area contributed by atoms with Crippen LogP contribution in [0.1, 0.15) is 42.0 Å². The molecule has 0 aromatic heterocycles. The summed E-state index contributed by atoms with van der Waals surface area (Å²) in [6.45, 7) is 0. The fourth-order valence-corrected chi connectivity index (χ4v) is 3.37. The van der Waals surface area contributed by atoms with Crippen molar-refractivity contribution in [1.29, 1.82) is 0 Å². The number of rotatable bonds is 5. The topological polar surface area (TPSA) is 38.3 Å². The van der Waals surface area contributed by atoms with Crippen LogP contribution in [0.5, 0.6) is 5.75 Å². The average Bonchev–Trinajstić information content (AvgIpc) is 2.61. The summed E-state index contributed by atoms with van der Waals surface area (Å²) in [5.74, 6) is 0.974. The number of carbonyl (C=O) groups is 1. The summed E-state index contributed by atoms with van der Waals surface area (Å²) in [5, 5.41) is 3.91. The Balaban J connectivity index is 1.60. The van der Waals surface area contributed by atoms with Crippen molar-refractivity contribution < 1.29 is 9.53 Å².